The normalized spacial score (nSPS) is 11.2. The molecule has 1 atom stereocenters. The van der Waals surface area contributed by atoms with Crippen LogP contribution in [0.3, 0.4) is 0 Å². The van der Waals surface area contributed by atoms with Gasteiger partial charge in [-0.25, -0.2) is 4.79 Å². The van der Waals surface area contributed by atoms with Crippen molar-refractivity contribution in [2.24, 2.45) is 0 Å². The van der Waals surface area contributed by atoms with Crippen LogP contribution >= 0.6 is 0 Å². The predicted octanol–water partition coefficient (Wildman–Crippen LogP) is 4.72. The van der Waals surface area contributed by atoms with Crippen molar-refractivity contribution < 1.29 is 19.1 Å². The Labute approximate surface area is 193 Å². The summed E-state index contributed by atoms with van der Waals surface area (Å²) in [7, 11) is 0. The molecular formula is C27H24N2O4. The molecular weight excluding hydrogens is 416 g/mol. The Hall–Kier alpha value is -4.24. The number of amides is 1. The van der Waals surface area contributed by atoms with Gasteiger partial charge in [0.2, 0.25) is 0 Å². The lowest BCUT2D eigenvalue weighted by Gasteiger charge is -2.25. The van der Waals surface area contributed by atoms with Gasteiger partial charge >= 0.3 is 5.97 Å². The molecule has 0 aliphatic heterocycles. The second kappa shape index (κ2) is 10.9. The molecule has 0 aliphatic carbocycles. The van der Waals surface area contributed by atoms with Gasteiger partial charge < -0.3 is 9.64 Å². The molecule has 3 aromatic carbocycles. The molecule has 0 bridgehead atoms. The fourth-order valence-corrected chi connectivity index (χ4v) is 3.35. The number of anilines is 1. The Morgan fingerprint density at radius 3 is 2.15 bits per heavy atom. The number of carbonyl (C=O) groups excluding carboxylic acids is 3. The van der Waals surface area contributed by atoms with Crippen molar-refractivity contribution >= 4 is 23.3 Å². The lowest BCUT2D eigenvalue weighted by Crippen LogP contribution is -2.40. The van der Waals surface area contributed by atoms with Gasteiger partial charge in [0.1, 0.15) is 0 Å². The van der Waals surface area contributed by atoms with Gasteiger partial charge in [0.15, 0.2) is 11.9 Å². The summed E-state index contributed by atoms with van der Waals surface area (Å²) in [6, 6.07) is 24.4. The first-order chi connectivity index (χ1) is 15.9. The van der Waals surface area contributed by atoms with Gasteiger partial charge in [0, 0.05) is 23.4 Å². The number of carbonyl (C=O) groups is 3. The molecule has 0 aliphatic rings. The number of hydrogen-bond donors (Lipinski definition) is 0. The first-order valence-electron chi connectivity index (χ1n) is 10.6. The average Bonchev–Trinajstić information content (AvgIpc) is 2.84. The highest BCUT2D eigenvalue weighted by Gasteiger charge is 2.27. The number of rotatable bonds is 8. The van der Waals surface area contributed by atoms with E-state index in [0.717, 1.165) is 5.56 Å². The van der Waals surface area contributed by atoms with Crippen LogP contribution in [-0.2, 0) is 9.53 Å². The number of nitrogens with zero attached hydrogens (tertiary/aromatic N) is 2. The summed E-state index contributed by atoms with van der Waals surface area (Å²) in [6.07, 6.45) is -0.978. The lowest BCUT2D eigenvalue weighted by atomic mass is 9.98. The molecule has 0 radical (unpaired) electrons. The number of para-hydroxylation sites is 1. The van der Waals surface area contributed by atoms with E-state index in [2.05, 4.69) is 0 Å². The standard InChI is InChI=1S/C27H24N2O4/c1-19-13-15-21(16-14-19)25(30)23-11-6-7-12-24(23)27(32)33-20(2)26(31)29(18-8-17-28)22-9-4-3-5-10-22/h3-7,9-16,20H,8,18H2,1-2H3. The van der Waals surface area contributed by atoms with E-state index in [-0.39, 0.29) is 29.9 Å². The minimum atomic E-state index is -1.11. The molecule has 33 heavy (non-hydrogen) atoms. The maximum Gasteiger partial charge on any atom is 0.339 e. The molecule has 0 spiro atoms. The fourth-order valence-electron chi connectivity index (χ4n) is 3.35. The van der Waals surface area contributed by atoms with Crippen molar-refractivity contribution in [1.29, 1.82) is 5.26 Å². The smallest absolute Gasteiger partial charge is 0.339 e. The third-order valence-corrected chi connectivity index (χ3v) is 5.12. The van der Waals surface area contributed by atoms with Gasteiger partial charge in [-0.1, -0.05) is 66.2 Å². The molecule has 0 saturated heterocycles. The zero-order valence-electron chi connectivity index (χ0n) is 18.5. The van der Waals surface area contributed by atoms with Crippen LogP contribution in [0.15, 0.2) is 78.9 Å². The van der Waals surface area contributed by atoms with E-state index < -0.39 is 18.0 Å². The number of hydrogen-bond acceptors (Lipinski definition) is 5. The first-order valence-corrected chi connectivity index (χ1v) is 10.6. The van der Waals surface area contributed by atoms with Crippen LogP contribution in [0.5, 0.6) is 0 Å². The van der Waals surface area contributed by atoms with Crippen LogP contribution in [0.2, 0.25) is 0 Å². The largest absolute Gasteiger partial charge is 0.449 e. The summed E-state index contributed by atoms with van der Waals surface area (Å²) >= 11 is 0. The Morgan fingerprint density at radius 2 is 1.52 bits per heavy atom. The molecule has 1 unspecified atom stereocenters. The average molecular weight is 440 g/mol. The number of nitriles is 1. The van der Waals surface area contributed by atoms with Crippen molar-refractivity contribution in [3.05, 3.63) is 101 Å². The van der Waals surface area contributed by atoms with Gasteiger partial charge in [-0.2, -0.15) is 5.26 Å². The fraction of sp³-hybridized carbons (Fsp3) is 0.185. The molecule has 1 amide bonds. The number of esters is 1. The molecule has 0 N–H and O–H groups in total. The van der Waals surface area contributed by atoms with Crippen LogP contribution in [-0.4, -0.2) is 30.3 Å². The Kier molecular flexibility index (Phi) is 7.72. The van der Waals surface area contributed by atoms with Crippen molar-refractivity contribution in [3.8, 4) is 6.07 Å². The van der Waals surface area contributed by atoms with Crippen LogP contribution in [0.1, 0.15) is 45.2 Å². The highest BCUT2D eigenvalue weighted by atomic mass is 16.5. The van der Waals surface area contributed by atoms with Gasteiger partial charge in [0.05, 0.1) is 18.1 Å². The second-order valence-corrected chi connectivity index (χ2v) is 7.52. The Bertz CT molecular complexity index is 1180. The minimum absolute atomic E-state index is 0.0889. The number of aryl methyl sites for hydroxylation is 1. The molecule has 6 heteroatoms. The maximum atomic E-state index is 13.1. The molecule has 166 valence electrons. The highest BCUT2D eigenvalue weighted by molar-refractivity contribution is 6.14. The summed E-state index contributed by atoms with van der Waals surface area (Å²) in [5.74, 6) is -1.52. The predicted molar refractivity (Wildman–Crippen MR) is 125 cm³/mol. The molecule has 6 nitrogen and oxygen atoms in total. The third kappa shape index (κ3) is 5.72. The molecule has 0 heterocycles. The zero-order valence-corrected chi connectivity index (χ0v) is 18.5. The summed E-state index contributed by atoms with van der Waals surface area (Å²) in [6.45, 7) is 3.57. The van der Waals surface area contributed by atoms with E-state index in [1.165, 1.54) is 17.9 Å². The topological polar surface area (TPSA) is 87.5 Å². The summed E-state index contributed by atoms with van der Waals surface area (Å²) in [5.41, 5.74) is 2.37. The quantitative estimate of drug-likeness (QED) is 0.374. The summed E-state index contributed by atoms with van der Waals surface area (Å²) in [5, 5.41) is 8.96. The van der Waals surface area contributed by atoms with Crippen LogP contribution in [0.25, 0.3) is 0 Å². The Morgan fingerprint density at radius 1 is 0.909 bits per heavy atom. The Balaban J connectivity index is 1.80. The molecule has 0 fully saturated rings. The monoisotopic (exact) mass is 440 g/mol. The van der Waals surface area contributed by atoms with Crippen molar-refractivity contribution in [1.82, 2.24) is 0 Å². The van der Waals surface area contributed by atoms with Gasteiger partial charge in [-0.05, 0) is 32.0 Å². The molecule has 0 saturated carbocycles. The third-order valence-electron chi connectivity index (χ3n) is 5.12. The summed E-state index contributed by atoms with van der Waals surface area (Å²) in [4.78, 5) is 40.4. The van der Waals surface area contributed by atoms with E-state index in [9.17, 15) is 14.4 Å². The SMILES string of the molecule is Cc1ccc(C(=O)c2ccccc2C(=O)OC(C)C(=O)N(CCC#N)c2ccccc2)cc1. The van der Waals surface area contributed by atoms with Gasteiger partial charge in [0.25, 0.3) is 5.91 Å². The number of ketones is 1. The van der Waals surface area contributed by atoms with Crippen LogP contribution in [0, 0.1) is 18.3 Å². The van der Waals surface area contributed by atoms with E-state index in [1.807, 2.05) is 31.2 Å². The highest BCUT2D eigenvalue weighted by Crippen LogP contribution is 2.19. The lowest BCUT2D eigenvalue weighted by molar-refractivity contribution is -0.126. The van der Waals surface area contributed by atoms with E-state index in [0.29, 0.717) is 11.3 Å². The van der Waals surface area contributed by atoms with Gasteiger partial charge in [-0.3, -0.25) is 9.59 Å². The first kappa shape index (κ1) is 23.4. The van der Waals surface area contributed by atoms with Crippen LogP contribution < -0.4 is 4.90 Å². The number of ether oxygens (including phenoxy) is 1. The summed E-state index contributed by atoms with van der Waals surface area (Å²) < 4.78 is 5.46. The van der Waals surface area contributed by atoms with Crippen molar-refractivity contribution in [3.63, 3.8) is 0 Å². The van der Waals surface area contributed by atoms with E-state index in [4.69, 9.17) is 10.00 Å². The van der Waals surface area contributed by atoms with E-state index in [1.54, 1.807) is 54.6 Å². The minimum Gasteiger partial charge on any atom is -0.449 e. The second-order valence-electron chi connectivity index (χ2n) is 7.52. The molecule has 3 aromatic rings. The van der Waals surface area contributed by atoms with E-state index >= 15 is 0 Å². The van der Waals surface area contributed by atoms with Crippen molar-refractivity contribution in [2.45, 2.75) is 26.4 Å². The maximum absolute atomic E-state index is 13.1. The molecule has 0 aromatic heterocycles. The number of benzene rings is 3. The molecule has 3 rings (SSSR count). The van der Waals surface area contributed by atoms with Crippen LogP contribution in [0.4, 0.5) is 5.69 Å². The zero-order chi connectivity index (χ0) is 23.8. The van der Waals surface area contributed by atoms with Crippen molar-refractivity contribution in [2.75, 3.05) is 11.4 Å². The van der Waals surface area contributed by atoms with Gasteiger partial charge in [-0.15, -0.1) is 0 Å².